The number of hydrogen-bond donors (Lipinski definition) is 1. The Bertz CT molecular complexity index is 638. The summed E-state index contributed by atoms with van der Waals surface area (Å²) in [4.78, 5) is 27.7. The van der Waals surface area contributed by atoms with Crippen molar-refractivity contribution >= 4 is 17.7 Å². The maximum absolute atomic E-state index is 11.3. The van der Waals surface area contributed by atoms with Crippen LogP contribution in [0.2, 0.25) is 0 Å². The lowest BCUT2D eigenvalue weighted by atomic mass is 10.1. The van der Waals surface area contributed by atoms with E-state index in [0.717, 1.165) is 13.1 Å². The van der Waals surface area contributed by atoms with Crippen LogP contribution in [0.3, 0.4) is 0 Å². The molecule has 134 valence electrons. The van der Waals surface area contributed by atoms with Crippen LogP contribution in [0.15, 0.2) is 47.3 Å². The number of para-hydroxylation sites is 1. The van der Waals surface area contributed by atoms with Gasteiger partial charge in [-0.25, -0.2) is 9.78 Å². The number of benzene rings is 1. The van der Waals surface area contributed by atoms with Crippen LogP contribution in [0.1, 0.15) is 31.9 Å². The summed E-state index contributed by atoms with van der Waals surface area (Å²) in [5.41, 5.74) is 0.685. The number of aromatic nitrogens is 1. The van der Waals surface area contributed by atoms with Crippen molar-refractivity contribution in [1.29, 1.82) is 0 Å². The van der Waals surface area contributed by atoms with Gasteiger partial charge in [-0.1, -0.05) is 18.2 Å². The SMILES string of the molecule is CC(=O)N1CCCCC1.O=C(Nc1ccccc1)OCc1cnco1. The Morgan fingerprint density at radius 2 is 1.92 bits per heavy atom. The number of ether oxygens (including phenoxy) is 1. The highest BCUT2D eigenvalue weighted by atomic mass is 16.6. The Hall–Kier alpha value is -2.83. The number of oxazole rings is 1. The highest BCUT2D eigenvalue weighted by molar-refractivity contribution is 5.84. The molecule has 25 heavy (non-hydrogen) atoms. The molecule has 7 heteroatoms. The highest BCUT2D eigenvalue weighted by Crippen LogP contribution is 2.08. The summed E-state index contributed by atoms with van der Waals surface area (Å²) in [6, 6.07) is 9.06. The molecule has 1 aromatic carbocycles. The lowest BCUT2D eigenvalue weighted by molar-refractivity contribution is -0.129. The molecular weight excluding hydrogens is 322 g/mol. The third-order valence-electron chi connectivity index (χ3n) is 3.65. The zero-order valence-electron chi connectivity index (χ0n) is 14.3. The molecule has 2 heterocycles. The van der Waals surface area contributed by atoms with Crippen molar-refractivity contribution in [2.75, 3.05) is 18.4 Å². The fourth-order valence-corrected chi connectivity index (χ4v) is 2.33. The Kier molecular flexibility index (Phi) is 7.49. The lowest BCUT2D eigenvalue weighted by Crippen LogP contribution is -2.33. The molecule has 0 aliphatic carbocycles. The quantitative estimate of drug-likeness (QED) is 0.921. The number of rotatable bonds is 3. The maximum atomic E-state index is 11.3. The first kappa shape index (κ1) is 18.5. The van der Waals surface area contributed by atoms with Gasteiger partial charge in [0, 0.05) is 25.7 Å². The predicted octanol–water partition coefficient (Wildman–Crippen LogP) is 3.44. The fraction of sp³-hybridized carbons (Fsp3) is 0.389. The van der Waals surface area contributed by atoms with E-state index >= 15 is 0 Å². The zero-order valence-corrected chi connectivity index (χ0v) is 14.3. The number of nitrogens with zero attached hydrogens (tertiary/aromatic N) is 2. The van der Waals surface area contributed by atoms with Crippen LogP contribution in [0.5, 0.6) is 0 Å². The number of anilines is 1. The van der Waals surface area contributed by atoms with Gasteiger partial charge in [-0.3, -0.25) is 10.1 Å². The van der Waals surface area contributed by atoms with Crippen LogP contribution in [0, 0.1) is 0 Å². The number of amides is 2. The van der Waals surface area contributed by atoms with Crippen molar-refractivity contribution < 1.29 is 18.7 Å². The summed E-state index contributed by atoms with van der Waals surface area (Å²) in [5.74, 6) is 0.734. The van der Waals surface area contributed by atoms with Crippen molar-refractivity contribution in [2.24, 2.45) is 0 Å². The van der Waals surface area contributed by atoms with E-state index in [9.17, 15) is 9.59 Å². The van der Waals surface area contributed by atoms with E-state index in [1.807, 2.05) is 23.1 Å². The van der Waals surface area contributed by atoms with Crippen LogP contribution >= 0.6 is 0 Å². The third kappa shape index (κ3) is 7.07. The number of piperidine rings is 1. The van der Waals surface area contributed by atoms with E-state index in [-0.39, 0.29) is 12.5 Å². The molecule has 1 saturated heterocycles. The van der Waals surface area contributed by atoms with Crippen molar-refractivity contribution in [2.45, 2.75) is 32.8 Å². The van der Waals surface area contributed by atoms with Gasteiger partial charge in [0.1, 0.15) is 0 Å². The van der Waals surface area contributed by atoms with Gasteiger partial charge in [-0.05, 0) is 31.4 Å². The van der Waals surface area contributed by atoms with E-state index in [4.69, 9.17) is 9.15 Å². The molecular formula is C18H23N3O4. The smallest absolute Gasteiger partial charge is 0.412 e. The Balaban J connectivity index is 0.000000212. The largest absolute Gasteiger partial charge is 0.445 e. The molecule has 2 amide bonds. The van der Waals surface area contributed by atoms with Gasteiger partial charge in [0.15, 0.2) is 18.8 Å². The summed E-state index contributed by atoms with van der Waals surface area (Å²) in [6.45, 7) is 3.68. The molecule has 1 aliphatic heterocycles. The highest BCUT2D eigenvalue weighted by Gasteiger charge is 2.11. The Labute approximate surface area is 147 Å². The molecule has 0 atom stereocenters. The van der Waals surface area contributed by atoms with Crippen molar-refractivity contribution in [1.82, 2.24) is 9.88 Å². The second kappa shape index (κ2) is 10.1. The normalized spacial score (nSPS) is 13.4. The third-order valence-corrected chi connectivity index (χ3v) is 3.65. The molecule has 0 bridgehead atoms. The van der Waals surface area contributed by atoms with Gasteiger partial charge in [0.25, 0.3) is 0 Å². The Morgan fingerprint density at radius 3 is 2.48 bits per heavy atom. The number of carbonyl (C=O) groups is 2. The minimum absolute atomic E-state index is 0.0681. The standard InChI is InChI=1S/C11H10N2O3.C7H13NO/c14-11(13-9-4-2-1-3-5-9)15-7-10-6-12-8-16-10;1-7(9)8-5-3-2-4-6-8/h1-6,8H,7H2,(H,13,14);2-6H2,1H3. The second-order valence-corrected chi connectivity index (χ2v) is 5.60. The summed E-state index contributed by atoms with van der Waals surface area (Å²) in [7, 11) is 0. The Morgan fingerprint density at radius 1 is 1.20 bits per heavy atom. The van der Waals surface area contributed by atoms with Gasteiger partial charge in [0.2, 0.25) is 5.91 Å². The molecule has 0 spiro atoms. The molecule has 0 saturated carbocycles. The van der Waals surface area contributed by atoms with E-state index in [1.165, 1.54) is 31.9 Å². The van der Waals surface area contributed by atoms with Crippen LogP contribution in [-0.4, -0.2) is 35.0 Å². The molecule has 0 radical (unpaired) electrons. The van der Waals surface area contributed by atoms with E-state index < -0.39 is 6.09 Å². The summed E-state index contributed by atoms with van der Waals surface area (Å²) in [5, 5.41) is 2.58. The topological polar surface area (TPSA) is 84.7 Å². The molecule has 2 aromatic rings. The van der Waals surface area contributed by atoms with E-state index in [2.05, 4.69) is 10.3 Å². The van der Waals surface area contributed by atoms with Gasteiger partial charge >= 0.3 is 6.09 Å². The summed E-state index contributed by atoms with van der Waals surface area (Å²) in [6.07, 6.45) is 5.94. The molecule has 1 fully saturated rings. The molecule has 1 aliphatic rings. The van der Waals surface area contributed by atoms with Crippen LogP contribution in [-0.2, 0) is 16.1 Å². The first-order valence-corrected chi connectivity index (χ1v) is 8.27. The van der Waals surface area contributed by atoms with Crippen LogP contribution in [0.4, 0.5) is 10.5 Å². The number of carbonyl (C=O) groups excluding carboxylic acids is 2. The van der Waals surface area contributed by atoms with Gasteiger partial charge < -0.3 is 14.1 Å². The van der Waals surface area contributed by atoms with E-state index in [1.54, 1.807) is 19.1 Å². The monoisotopic (exact) mass is 345 g/mol. The molecule has 0 unspecified atom stereocenters. The molecule has 3 rings (SSSR count). The summed E-state index contributed by atoms with van der Waals surface area (Å²) < 4.78 is 9.82. The minimum atomic E-state index is -0.525. The summed E-state index contributed by atoms with van der Waals surface area (Å²) >= 11 is 0. The minimum Gasteiger partial charge on any atom is -0.445 e. The average molecular weight is 345 g/mol. The molecule has 1 N–H and O–H groups in total. The lowest BCUT2D eigenvalue weighted by Gasteiger charge is -2.24. The molecule has 7 nitrogen and oxygen atoms in total. The van der Waals surface area contributed by atoms with Crippen molar-refractivity contribution in [3.05, 3.63) is 48.7 Å². The van der Waals surface area contributed by atoms with Gasteiger partial charge in [0.05, 0.1) is 6.20 Å². The zero-order chi connectivity index (χ0) is 17.9. The van der Waals surface area contributed by atoms with Crippen molar-refractivity contribution in [3.63, 3.8) is 0 Å². The fourth-order valence-electron chi connectivity index (χ4n) is 2.33. The van der Waals surface area contributed by atoms with E-state index in [0.29, 0.717) is 11.4 Å². The average Bonchev–Trinajstić information content (AvgIpc) is 3.16. The first-order valence-electron chi connectivity index (χ1n) is 8.27. The van der Waals surface area contributed by atoms with Gasteiger partial charge in [-0.2, -0.15) is 0 Å². The number of hydrogen-bond acceptors (Lipinski definition) is 5. The van der Waals surface area contributed by atoms with Gasteiger partial charge in [-0.15, -0.1) is 0 Å². The number of likely N-dealkylation sites (tertiary alicyclic amines) is 1. The first-order chi connectivity index (χ1) is 12.1. The van der Waals surface area contributed by atoms with Crippen molar-refractivity contribution in [3.8, 4) is 0 Å². The predicted molar refractivity (Wildman–Crippen MR) is 92.9 cm³/mol. The molecule has 1 aromatic heterocycles. The second-order valence-electron chi connectivity index (χ2n) is 5.60. The van der Waals surface area contributed by atoms with Crippen LogP contribution in [0.25, 0.3) is 0 Å². The maximum Gasteiger partial charge on any atom is 0.412 e. The number of nitrogens with one attached hydrogen (secondary N) is 1. The van der Waals surface area contributed by atoms with Crippen LogP contribution < -0.4 is 5.32 Å².